The maximum atomic E-state index is 12.1. The van der Waals surface area contributed by atoms with Crippen molar-refractivity contribution < 1.29 is 13.2 Å². The molecular weight excluding hydrogens is 253 g/mol. The number of hydrogen-bond acceptors (Lipinski definition) is 5. The van der Waals surface area contributed by atoms with Gasteiger partial charge in [-0.15, -0.1) is 0 Å². The van der Waals surface area contributed by atoms with Crippen LogP contribution in [-0.2, 0) is 0 Å². The zero-order chi connectivity index (χ0) is 13.1. The minimum atomic E-state index is -4.20. The number of nitrogens with zero attached hydrogens (tertiary/aromatic N) is 2. The van der Waals surface area contributed by atoms with Gasteiger partial charge in [0.15, 0.2) is 5.16 Å². The number of nitrogen functional groups attached to an aromatic ring is 1. The molecule has 0 bridgehead atoms. The van der Waals surface area contributed by atoms with Crippen LogP contribution in [-0.4, -0.2) is 28.4 Å². The quantitative estimate of drug-likeness (QED) is 0.647. The third kappa shape index (κ3) is 5.12. The lowest BCUT2D eigenvalue weighted by atomic mass is 10.2. The number of halogens is 3. The van der Waals surface area contributed by atoms with Crippen LogP contribution in [0, 0.1) is 0 Å². The summed E-state index contributed by atoms with van der Waals surface area (Å²) in [4.78, 5) is 7.92. The first-order valence-corrected chi connectivity index (χ1v) is 6.04. The van der Waals surface area contributed by atoms with Crippen molar-refractivity contribution in [2.75, 3.05) is 17.3 Å². The fourth-order valence-corrected chi connectivity index (χ4v) is 1.65. The van der Waals surface area contributed by atoms with Crippen molar-refractivity contribution in [3.05, 3.63) is 6.07 Å². The van der Waals surface area contributed by atoms with Crippen LogP contribution in [0.25, 0.3) is 0 Å². The summed E-state index contributed by atoms with van der Waals surface area (Å²) < 4.78 is 36.4. The normalized spacial score (nSPS) is 13.5. The minimum absolute atomic E-state index is 0.228. The Bertz CT molecular complexity index is 383. The molecule has 0 aliphatic rings. The fraction of sp³-hybridized carbons (Fsp3) is 0.556. The molecule has 1 rings (SSSR count). The van der Waals surface area contributed by atoms with Crippen LogP contribution >= 0.6 is 11.8 Å². The Morgan fingerprint density at radius 1 is 1.47 bits per heavy atom. The van der Waals surface area contributed by atoms with Gasteiger partial charge in [0.2, 0.25) is 0 Å². The van der Waals surface area contributed by atoms with E-state index in [0.29, 0.717) is 11.0 Å². The second kappa shape index (κ2) is 5.44. The first-order chi connectivity index (χ1) is 7.80. The van der Waals surface area contributed by atoms with Crippen LogP contribution < -0.4 is 11.1 Å². The molecule has 96 valence electrons. The third-order valence-corrected chi connectivity index (χ3v) is 2.39. The lowest BCUT2D eigenvalue weighted by Crippen LogP contribution is -2.24. The Morgan fingerprint density at radius 2 is 2.12 bits per heavy atom. The Labute approximate surface area is 101 Å². The summed E-state index contributed by atoms with van der Waals surface area (Å²) in [7, 11) is 0. The van der Waals surface area contributed by atoms with Crippen molar-refractivity contribution in [3.63, 3.8) is 0 Å². The average molecular weight is 266 g/mol. The van der Waals surface area contributed by atoms with Gasteiger partial charge in [-0.25, -0.2) is 9.97 Å². The molecule has 8 heteroatoms. The van der Waals surface area contributed by atoms with Crippen molar-refractivity contribution >= 4 is 23.4 Å². The molecule has 0 amide bonds. The molecule has 0 aliphatic heterocycles. The van der Waals surface area contributed by atoms with E-state index in [1.807, 2.05) is 0 Å². The van der Waals surface area contributed by atoms with Crippen LogP contribution in [0.2, 0.25) is 0 Å². The van der Waals surface area contributed by atoms with Crippen molar-refractivity contribution in [2.45, 2.75) is 30.7 Å². The molecule has 1 aromatic heterocycles. The van der Waals surface area contributed by atoms with Crippen LogP contribution in [0.5, 0.6) is 0 Å². The summed E-state index contributed by atoms with van der Waals surface area (Å²) in [5.41, 5.74) is 5.51. The molecule has 0 radical (unpaired) electrons. The number of aromatic nitrogens is 2. The fourth-order valence-electron chi connectivity index (χ4n) is 1.26. The highest BCUT2D eigenvalue weighted by molar-refractivity contribution is 7.98. The van der Waals surface area contributed by atoms with Gasteiger partial charge in [-0.3, -0.25) is 0 Å². The summed E-state index contributed by atoms with van der Waals surface area (Å²) in [5.74, 6) is 0.532. The standard InChI is InChI=1S/C9H13F3N4S/c1-5(4-9(10,11)12)14-7-3-6(13)15-8(16-7)17-2/h3,5H,4H2,1-2H3,(H3,13,14,15,16). The van der Waals surface area contributed by atoms with Gasteiger partial charge < -0.3 is 11.1 Å². The monoisotopic (exact) mass is 266 g/mol. The number of nitrogens with one attached hydrogen (secondary N) is 1. The van der Waals surface area contributed by atoms with Crippen molar-refractivity contribution in [1.82, 2.24) is 9.97 Å². The number of alkyl halides is 3. The number of nitrogens with two attached hydrogens (primary N) is 1. The van der Waals surface area contributed by atoms with E-state index in [1.54, 1.807) is 6.26 Å². The summed E-state index contributed by atoms with van der Waals surface area (Å²) >= 11 is 1.27. The molecule has 0 fully saturated rings. The van der Waals surface area contributed by atoms with Gasteiger partial charge in [-0.1, -0.05) is 11.8 Å². The number of hydrogen-bond donors (Lipinski definition) is 2. The molecule has 1 aromatic rings. The number of thioether (sulfide) groups is 1. The predicted molar refractivity (Wildman–Crippen MR) is 62.0 cm³/mol. The maximum absolute atomic E-state index is 12.1. The largest absolute Gasteiger partial charge is 0.391 e. The number of anilines is 2. The molecule has 0 aromatic carbocycles. The Balaban J connectivity index is 2.71. The molecule has 0 saturated carbocycles. The summed E-state index contributed by atoms with van der Waals surface area (Å²) in [5, 5.41) is 3.07. The second-order valence-corrected chi connectivity index (χ2v) is 4.30. The highest BCUT2D eigenvalue weighted by Gasteiger charge is 2.30. The topological polar surface area (TPSA) is 63.8 Å². The van der Waals surface area contributed by atoms with Crippen LogP contribution in [0.3, 0.4) is 0 Å². The van der Waals surface area contributed by atoms with E-state index in [0.717, 1.165) is 0 Å². The molecule has 17 heavy (non-hydrogen) atoms. The predicted octanol–water partition coefficient (Wildman–Crippen LogP) is 2.53. The van der Waals surface area contributed by atoms with Gasteiger partial charge in [0, 0.05) is 12.1 Å². The van der Waals surface area contributed by atoms with Gasteiger partial charge in [0.25, 0.3) is 0 Å². The summed E-state index contributed by atoms with van der Waals surface area (Å²) in [6.07, 6.45) is -3.36. The molecule has 1 atom stereocenters. The average Bonchev–Trinajstić information content (AvgIpc) is 2.13. The van der Waals surface area contributed by atoms with Gasteiger partial charge in [-0.05, 0) is 13.2 Å². The molecular formula is C9H13F3N4S. The number of rotatable bonds is 4. The summed E-state index contributed by atoms with van der Waals surface area (Å²) in [6.45, 7) is 1.44. The Hall–Kier alpha value is -1.18. The van der Waals surface area contributed by atoms with Gasteiger partial charge in [-0.2, -0.15) is 13.2 Å². The van der Waals surface area contributed by atoms with E-state index >= 15 is 0 Å². The van der Waals surface area contributed by atoms with E-state index < -0.39 is 18.6 Å². The Morgan fingerprint density at radius 3 is 2.65 bits per heavy atom. The molecule has 3 N–H and O–H groups in total. The molecule has 1 unspecified atom stereocenters. The van der Waals surface area contributed by atoms with E-state index in [1.165, 1.54) is 24.8 Å². The zero-order valence-electron chi connectivity index (χ0n) is 9.38. The highest BCUT2D eigenvalue weighted by Crippen LogP contribution is 2.23. The third-order valence-electron chi connectivity index (χ3n) is 1.84. The van der Waals surface area contributed by atoms with Crippen molar-refractivity contribution in [3.8, 4) is 0 Å². The van der Waals surface area contributed by atoms with Gasteiger partial charge in [0.05, 0.1) is 6.42 Å². The van der Waals surface area contributed by atoms with Crippen LogP contribution in [0.4, 0.5) is 24.8 Å². The van der Waals surface area contributed by atoms with Crippen LogP contribution in [0.1, 0.15) is 13.3 Å². The molecule has 4 nitrogen and oxygen atoms in total. The molecule has 0 spiro atoms. The van der Waals surface area contributed by atoms with Gasteiger partial charge in [0.1, 0.15) is 11.6 Å². The molecule has 0 saturated heterocycles. The Kier molecular flexibility index (Phi) is 4.44. The lowest BCUT2D eigenvalue weighted by Gasteiger charge is -2.16. The van der Waals surface area contributed by atoms with E-state index in [2.05, 4.69) is 15.3 Å². The smallest absolute Gasteiger partial charge is 0.383 e. The minimum Gasteiger partial charge on any atom is -0.383 e. The van der Waals surface area contributed by atoms with Crippen LogP contribution in [0.15, 0.2) is 11.2 Å². The highest BCUT2D eigenvalue weighted by atomic mass is 32.2. The molecule has 1 heterocycles. The maximum Gasteiger partial charge on any atom is 0.391 e. The SMILES string of the molecule is CSc1nc(N)cc(NC(C)CC(F)(F)F)n1. The van der Waals surface area contributed by atoms with Crippen molar-refractivity contribution in [1.29, 1.82) is 0 Å². The van der Waals surface area contributed by atoms with E-state index in [9.17, 15) is 13.2 Å². The molecule has 0 aliphatic carbocycles. The van der Waals surface area contributed by atoms with Gasteiger partial charge >= 0.3 is 6.18 Å². The second-order valence-electron chi connectivity index (χ2n) is 3.53. The van der Waals surface area contributed by atoms with Crippen molar-refractivity contribution in [2.24, 2.45) is 0 Å². The lowest BCUT2D eigenvalue weighted by molar-refractivity contribution is -0.136. The zero-order valence-corrected chi connectivity index (χ0v) is 10.2. The first kappa shape index (κ1) is 13.9. The first-order valence-electron chi connectivity index (χ1n) is 4.82. The van der Waals surface area contributed by atoms with E-state index in [-0.39, 0.29) is 5.82 Å². The summed E-state index contributed by atoms with van der Waals surface area (Å²) in [6, 6.07) is 0.645. The van der Waals surface area contributed by atoms with E-state index in [4.69, 9.17) is 5.73 Å².